The largest absolute Gasteiger partial charge is 0.496 e. The van der Waals surface area contributed by atoms with Gasteiger partial charge in [-0.1, -0.05) is 31.9 Å². The van der Waals surface area contributed by atoms with Crippen LogP contribution in [0.2, 0.25) is 0 Å². The van der Waals surface area contributed by atoms with Crippen LogP contribution < -0.4 is 4.74 Å². The third kappa shape index (κ3) is 6.20. The molecular formula is C15H18Br4O. The summed E-state index contributed by atoms with van der Waals surface area (Å²) in [4.78, 5) is 0. The van der Waals surface area contributed by atoms with Gasteiger partial charge in [-0.3, -0.25) is 0 Å². The first kappa shape index (κ1) is 18.7. The van der Waals surface area contributed by atoms with Crippen LogP contribution in [0.3, 0.4) is 0 Å². The Hall–Kier alpha value is 0.680. The summed E-state index contributed by atoms with van der Waals surface area (Å²) in [5.41, 5.74) is 3.77. The molecule has 0 N–H and O–H groups in total. The van der Waals surface area contributed by atoms with Gasteiger partial charge in [0.15, 0.2) is 0 Å². The van der Waals surface area contributed by atoms with Crippen LogP contribution in [0.1, 0.15) is 29.5 Å². The summed E-state index contributed by atoms with van der Waals surface area (Å²) in [7, 11) is 1.76. The van der Waals surface area contributed by atoms with Gasteiger partial charge in [-0.25, -0.2) is 0 Å². The number of methoxy groups -OCH3 is 1. The molecule has 0 spiro atoms. The number of benzene rings is 1. The Labute approximate surface area is 155 Å². The van der Waals surface area contributed by atoms with E-state index in [-0.39, 0.29) is 0 Å². The van der Waals surface area contributed by atoms with Crippen molar-refractivity contribution in [3.8, 4) is 5.75 Å². The summed E-state index contributed by atoms with van der Waals surface area (Å²) < 4.78 is 6.61. The minimum Gasteiger partial charge on any atom is -0.496 e. The number of aryl methyl sites for hydroxylation is 2. The molecule has 0 aliphatic carbocycles. The maximum atomic E-state index is 5.66. The second-order valence-electron chi connectivity index (χ2n) is 4.39. The van der Waals surface area contributed by atoms with Crippen molar-refractivity contribution in [2.75, 3.05) is 17.8 Å². The summed E-state index contributed by atoms with van der Waals surface area (Å²) in [6.07, 6.45) is 6.34. The summed E-state index contributed by atoms with van der Waals surface area (Å²) in [6, 6.07) is 4.42. The molecule has 0 heterocycles. The second kappa shape index (κ2) is 10.4. The molecule has 5 heteroatoms. The molecule has 20 heavy (non-hydrogen) atoms. The number of halogens is 4. The topological polar surface area (TPSA) is 9.23 Å². The summed E-state index contributed by atoms with van der Waals surface area (Å²) in [5.74, 6) is 1.05. The maximum absolute atomic E-state index is 5.66. The Bertz CT molecular complexity index is 424. The van der Waals surface area contributed by atoms with Gasteiger partial charge in [0.25, 0.3) is 0 Å². The van der Waals surface area contributed by atoms with Gasteiger partial charge < -0.3 is 4.74 Å². The normalized spacial score (nSPS) is 10.4. The highest BCUT2D eigenvalue weighted by molar-refractivity contribution is 9.28. The van der Waals surface area contributed by atoms with Gasteiger partial charge in [-0.05, 0) is 92.4 Å². The highest BCUT2D eigenvalue weighted by Crippen LogP contribution is 2.30. The van der Waals surface area contributed by atoms with Crippen molar-refractivity contribution >= 4 is 69.8 Å². The lowest BCUT2D eigenvalue weighted by molar-refractivity contribution is 0.404. The highest BCUT2D eigenvalue weighted by Gasteiger charge is 2.11. The van der Waals surface area contributed by atoms with Crippen LogP contribution >= 0.6 is 63.7 Å². The zero-order valence-corrected chi connectivity index (χ0v) is 17.7. The van der Waals surface area contributed by atoms with Gasteiger partial charge in [-0.15, -0.1) is 0 Å². The Morgan fingerprint density at radius 3 is 1.90 bits per heavy atom. The van der Waals surface area contributed by atoms with E-state index < -0.39 is 0 Å². The highest BCUT2D eigenvalue weighted by atomic mass is 79.9. The van der Waals surface area contributed by atoms with Gasteiger partial charge in [-0.2, -0.15) is 0 Å². The fourth-order valence-electron chi connectivity index (χ4n) is 2.14. The number of ether oxygens (including phenoxy) is 1. The van der Waals surface area contributed by atoms with Crippen molar-refractivity contribution in [1.29, 1.82) is 0 Å². The first-order chi connectivity index (χ1) is 9.62. The average molecular weight is 534 g/mol. The quantitative estimate of drug-likeness (QED) is 0.350. The Balaban J connectivity index is 3.19. The molecule has 0 saturated carbocycles. The fraction of sp³-hybridized carbons (Fsp3) is 0.467. The van der Waals surface area contributed by atoms with Crippen molar-refractivity contribution in [2.45, 2.75) is 25.7 Å². The average Bonchev–Trinajstić information content (AvgIpc) is 2.41. The SMILES string of the molecule is COc1c(CCCBr)cc(C=C(Br)Br)cc1CCCBr. The lowest BCUT2D eigenvalue weighted by atomic mass is 9.98. The van der Waals surface area contributed by atoms with E-state index in [1.165, 1.54) is 16.7 Å². The predicted molar refractivity (Wildman–Crippen MR) is 103 cm³/mol. The molecule has 1 nitrogen and oxygen atoms in total. The molecular weight excluding hydrogens is 516 g/mol. The second-order valence-corrected chi connectivity index (χ2v) is 8.75. The third-order valence-corrected chi connectivity index (χ3v) is 4.48. The molecule has 1 aromatic rings. The van der Waals surface area contributed by atoms with E-state index in [2.05, 4.69) is 81.9 Å². The molecule has 0 bridgehead atoms. The van der Waals surface area contributed by atoms with Crippen LogP contribution in [0.4, 0.5) is 0 Å². The minimum absolute atomic E-state index is 0.952. The molecule has 1 rings (SSSR count). The molecule has 112 valence electrons. The van der Waals surface area contributed by atoms with E-state index >= 15 is 0 Å². The van der Waals surface area contributed by atoms with E-state index in [1.54, 1.807) is 7.11 Å². The molecule has 0 aromatic heterocycles. The number of rotatable bonds is 8. The molecule has 0 amide bonds. The van der Waals surface area contributed by atoms with Crippen LogP contribution in [0.25, 0.3) is 6.08 Å². The van der Waals surface area contributed by atoms with E-state index in [4.69, 9.17) is 4.74 Å². The number of hydrogen-bond acceptors (Lipinski definition) is 1. The van der Waals surface area contributed by atoms with Crippen LogP contribution in [-0.4, -0.2) is 17.8 Å². The zero-order chi connectivity index (χ0) is 15.0. The molecule has 0 unspecified atom stereocenters. The lowest BCUT2D eigenvalue weighted by Gasteiger charge is -2.15. The summed E-state index contributed by atoms with van der Waals surface area (Å²) in [6.45, 7) is 0. The fourth-order valence-corrected chi connectivity index (χ4v) is 3.23. The molecule has 0 fully saturated rings. The molecule has 0 radical (unpaired) electrons. The first-order valence-electron chi connectivity index (χ1n) is 6.46. The molecule has 0 aliphatic heterocycles. The van der Waals surface area contributed by atoms with Crippen molar-refractivity contribution in [2.24, 2.45) is 0 Å². The summed E-state index contributed by atoms with van der Waals surface area (Å²) in [5, 5.41) is 2.02. The van der Waals surface area contributed by atoms with Gasteiger partial charge in [0.2, 0.25) is 0 Å². The van der Waals surface area contributed by atoms with Crippen LogP contribution in [-0.2, 0) is 12.8 Å². The van der Waals surface area contributed by atoms with Gasteiger partial charge >= 0.3 is 0 Å². The van der Waals surface area contributed by atoms with Crippen LogP contribution in [0.15, 0.2) is 15.5 Å². The molecule has 1 aromatic carbocycles. The monoisotopic (exact) mass is 530 g/mol. The standard InChI is InChI=1S/C15H18Br4O/c1-20-15-12(4-2-6-16)8-11(10-14(18)19)9-13(15)5-3-7-17/h8-10H,2-7H2,1H3. The molecule has 0 atom stereocenters. The van der Waals surface area contributed by atoms with E-state index in [0.29, 0.717) is 0 Å². The van der Waals surface area contributed by atoms with Crippen molar-refractivity contribution in [3.63, 3.8) is 0 Å². The van der Waals surface area contributed by atoms with E-state index in [1.807, 2.05) is 0 Å². The van der Waals surface area contributed by atoms with Crippen molar-refractivity contribution < 1.29 is 4.74 Å². The lowest BCUT2D eigenvalue weighted by Crippen LogP contribution is -2.00. The first-order valence-corrected chi connectivity index (χ1v) is 10.3. The van der Waals surface area contributed by atoms with Gasteiger partial charge in [0.05, 0.1) is 10.5 Å². The van der Waals surface area contributed by atoms with Gasteiger partial charge in [0.1, 0.15) is 5.75 Å². The third-order valence-electron chi connectivity index (χ3n) is 2.90. The van der Waals surface area contributed by atoms with Crippen LogP contribution in [0, 0.1) is 0 Å². The van der Waals surface area contributed by atoms with Crippen molar-refractivity contribution in [1.82, 2.24) is 0 Å². The molecule has 0 aliphatic rings. The van der Waals surface area contributed by atoms with E-state index in [9.17, 15) is 0 Å². The predicted octanol–water partition coefficient (Wildman–Crippen LogP) is 6.44. The number of alkyl halides is 2. The smallest absolute Gasteiger partial charge is 0.125 e. The Morgan fingerprint density at radius 2 is 1.55 bits per heavy atom. The Kier molecular flexibility index (Phi) is 9.75. The Morgan fingerprint density at radius 1 is 1.05 bits per heavy atom. The maximum Gasteiger partial charge on any atom is 0.125 e. The molecule has 0 saturated heterocycles. The van der Waals surface area contributed by atoms with Crippen LogP contribution in [0.5, 0.6) is 5.75 Å². The van der Waals surface area contributed by atoms with E-state index in [0.717, 1.165) is 45.5 Å². The van der Waals surface area contributed by atoms with Crippen molar-refractivity contribution in [3.05, 3.63) is 32.2 Å². The van der Waals surface area contributed by atoms with Gasteiger partial charge in [0, 0.05) is 10.7 Å². The zero-order valence-electron chi connectivity index (χ0n) is 11.4. The summed E-state index contributed by atoms with van der Waals surface area (Å²) >= 11 is 13.9. The number of hydrogen-bond donors (Lipinski definition) is 0. The minimum atomic E-state index is 0.952.